The highest BCUT2D eigenvalue weighted by molar-refractivity contribution is 7.17. The van der Waals surface area contributed by atoms with E-state index in [1.807, 2.05) is 41.8 Å². The number of hydrogen-bond donors (Lipinski definition) is 2. The van der Waals surface area contributed by atoms with Crippen molar-refractivity contribution >= 4 is 33.4 Å². The van der Waals surface area contributed by atoms with Crippen LogP contribution in [0.1, 0.15) is 36.4 Å². The summed E-state index contributed by atoms with van der Waals surface area (Å²) in [6.45, 7) is 1.33. The molecule has 3 heterocycles. The molecule has 2 atom stereocenters. The molecule has 0 spiro atoms. The van der Waals surface area contributed by atoms with Crippen LogP contribution in [-0.2, 0) is 11.2 Å². The molecule has 2 aliphatic rings. The summed E-state index contributed by atoms with van der Waals surface area (Å²) in [5.41, 5.74) is 5.19. The number of benzene rings is 2. The lowest BCUT2D eigenvalue weighted by molar-refractivity contribution is -0.126. The second-order valence-corrected chi connectivity index (χ2v) is 10.0. The summed E-state index contributed by atoms with van der Waals surface area (Å²) >= 11 is 1.42. The molecule has 0 saturated carbocycles. The van der Waals surface area contributed by atoms with Crippen molar-refractivity contribution in [1.82, 2.24) is 15.3 Å². The first kappa shape index (κ1) is 21.1. The summed E-state index contributed by atoms with van der Waals surface area (Å²) in [5.74, 6) is 0.519. The van der Waals surface area contributed by atoms with Gasteiger partial charge in [-0.25, -0.2) is 4.98 Å². The number of carbonyl (C=O) groups excluding carboxylic acids is 1. The lowest BCUT2D eigenvalue weighted by Gasteiger charge is -2.33. The Kier molecular flexibility index (Phi) is 5.41. The van der Waals surface area contributed by atoms with Crippen molar-refractivity contribution in [2.75, 3.05) is 18.0 Å². The summed E-state index contributed by atoms with van der Waals surface area (Å²) in [5, 5.41) is 5.29. The summed E-state index contributed by atoms with van der Waals surface area (Å²) in [4.78, 5) is 35.9. The molecule has 1 fully saturated rings. The highest BCUT2D eigenvalue weighted by Gasteiger charge is 2.31. The second-order valence-electron chi connectivity index (χ2n) is 9.17. The smallest absolute Gasteiger partial charge is 0.270 e. The number of aryl methyl sites for hydroxylation is 1. The van der Waals surface area contributed by atoms with Crippen molar-refractivity contribution in [3.8, 4) is 11.1 Å². The van der Waals surface area contributed by atoms with Gasteiger partial charge in [0, 0.05) is 24.0 Å². The summed E-state index contributed by atoms with van der Waals surface area (Å²) < 4.78 is 0.633. The minimum absolute atomic E-state index is 0.0904. The van der Waals surface area contributed by atoms with Crippen LogP contribution in [0.3, 0.4) is 0 Å². The Morgan fingerprint density at radius 3 is 2.79 bits per heavy atom. The minimum atomic E-state index is -0.126. The van der Waals surface area contributed by atoms with Gasteiger partial charge in [0.1, 0.15) is 4.70 Å². The topological polar surface area (TPSA) is 78.1 Å². The Morgan fingerprint density at radius 1 is 1.09 bits per heavy atom. The van der Waals surface area contributed by atoms with E-state index in [0.29, 0.717) is 17.2 Å². The average Bonchev–Trinajstić information content (AvgIpc) is 3.49. The molecule has 1 saturated heterocycles. The van der Waals surface area contributed by atoms with E-state index in [-0.39, 0.29) is 23.4 Å². The number of aromatic amines is 1. The molecule has 2 N–H and O–H groups in total. The molecule has 172 valence electrons. The molecule has 2 aromatic heterocycles. The first-order valence-electron chi connectivity index (χ1n) is 11.9. The van der Waals surface area contributed by atoms with Crippen LogP contribution in [0.2, 0.25) is 0 Å². The number of amides is 1. The summed E-state index contributed by atoms with van der Waals surface area (Å²) in [7, 11) is 0. The Bertz CT molecular complexity index is 1410. The standard InChI is InChI=1S/C27H26N4O2S/c32-25(28-22-13-12-18-9-4-5-11-20(18)22)19-10-6-14-31(15-19)27-29-23-21(17-7-2-1-3-8-17)16-34-24(23)26(33)30-27/h1-5,7-9,11,16,19,22H,6,10,12-15H2,(H,28,32)(H,29,30,33). The van der Waals surface area contributed by atoms with Crippen LogP contribution >= 0.6 is 11.3 Å². The zero-order valence-corrected chi connectivity index (χ0v) is 19.6. The van der Waals surface area contributed by atoms with Gasteiger partial charge in [-0.2, -0.15) is 0 Å². The van der Waals surface area contributed by atoms with Gasteiger partial charge in [0.15, 0.2) is 0 Å². The fraction of sp³-hybridized carbons (Fsp3) is 0.296. The Labute approximate surface area is 201 Å². The maximum absolute atomic E-state index is 13.2. The Hall–Kier alpha value is -3.45. The lowest BCUT2D eigenvalue weighted by Crippen LogP contribution is -2.44. The van der Waals surface area contributed by atoms with E-state index in [1.165, 1.54) is 22.5 Å². The second kappa shape index (κ2) is 8.72. The minimum Gasteiger partial charge on any atom is -0.349 e. The SMILES string of the molecule is O=C(NC1CCc2ccccc21)C1CCCN(c2nc3c(-c4ccccc4)csc3c(=O)[nH]2)C1. The average molecular weight is 471 g/mol. The van der Waals surface area contributed by atoms with Crippen LogP contribution in [0.4, 0.5) is 5.95 Å². The zero-order valence-electron chi connectivity index (χ0n) is 18.8. The molecular weight excluding hydrogens is 444 g/mol. The normalized spacial score (nSPS) is 19.8. The molecule has 0 bridgehead atoms. The number of carbonyl (C=O) groups is 1. The van der Waals surface area contributed by atoms with E-state index in [9.17, 15) is 9.59 Å². The third-order valence-corrected chi connectivity index (χ3v) is 8.01. The zero-order chi connectivity index (χ0) is 23.1. The molecule has 0 radical (unpaired) electrons. The first-order chi connectivity index (χ1) is 16.7. The van der Waals surface area contributed by atoms with Crippen LogP contribution in [0.25, 0.3) is 21.3 Å². The van der Waals surface area contributed by atoms with Gasteiger partial charge in [0.05, 0.1) is 17.5 Å². The number of nitrogens with zero attached hydrogens (tertiary/aromatic N) is 2. The van der Waals surface area contributed by atoms with Gasteiger partial charge in [0.25, 0.3) is 5.56 Å². The monoisotopic (exact) mass is 470 g/mol. The van der Waals surface area contributed by atoms with Crippen molar-refractivity contribution in [3.05, 3.63) is 81.5 Å². The highest BCUT2D eigenvalue weighted by atomic mass is 32.1. The Balaban J connectivity index is 1.24. The van der Waals surface area contributed by atoms with Crippen molar-refractivity contribution < 1.29 is 4.79 Å². The van der Waals surface area contributed by atoms with Gasteiger partial charge in [-0.3, -0.25) is 14.6 Å². The van der Waals surface area contributed by atoms with Crippen LogP contribution in [-0.4, -0.2) is 29.0 Å². The van der Waals surface area contributed by atoms with E-state index >= 15 is 0 Å². The number of piperidine rings is 1. The van der Waals surface area contributed by atoms with Gasteiger partial charge < -0.3 is 10.2 Å². The Morgan fingerprint density at radius 2 is 1.91 bits per heavy atom. The third-order valence-electron chi connectivity index (χ3n) is 7.04. The van der Waals surface area contributed by atoms with Gasteiger partial charge in [-0.15, -0.1) is 11.3 Å². The quantitative estimate of drug-likeness (QED) is 0.454. The maximum Gasteiger partial charge on any atom is 0.270 e. The lowest BCUT2D eigenvalue weighted by atomic mass is 9.96. The molecule has 1 amide bonds. The van der Waals surface area contributed by atoms with Crippen LogP contribution < -0.4 is 15.8 Å². The first-order valence-corrected chi connectivity index (χ1v) is 12.8. The largest absolute Gasteiger partial charge is 0.349 e. The summed E-state index contributed by atoms with van der Waals surface area (Å²) in [6.07, 6.45) is 3.69. The number of nitrogens with one attached hydrogen (secondary N) is 2. The molecular formula is C27H26N4O2S. The molecule has 4 aromatic rings. The molecule has 2 aromatic carbocycles. The van der Waals surface area contributed by atoms with E-state index in [1.54, 1.807) is 0 Å². The van der Waals surface area contributed by atoms with Crippen LogP contribution in [0.15, 0.2) is 64.8 Å². The number of anilines is 1. The number of thiophene rings is 1. The van der Waals surface area contributed by atoms with Gasteiger partial charge in [-0.1, -0.05) is 54.6 Å². The number of hydrogen-bond acceptors (Lipinski definition) is 5. The molecule has 6 rings (SSSR count). The maximum atomic E-state index is 13.2. The van der Waals surface area contributed by atoms with E-state index in [2.05, 4.69) is 33.4 Å². The van der Waals surface area contributed by atoms with Gasteiger partial charge >= 0.3 is 0 Å². The highest BCUT2D eigenvalue weighted by Crippen LogP contribution is 2.33. The molecule has 1 aliphatic heterocycles. The molecule has 34 heavy (non-hydrogen) atoms. The van der Waals surface area contributed by atoms with Crippen molar-refractivity contribution in [2.45, 2.75) is 31.7 Å². The molecule has 1 aliphatic carbocycles. The van der Waals surface area contributed by atoms with E-state index in [4.69, 9.17) is 4.98 Å². The predicted octanol–water partition coefficient (Wildman–Crippen LogP) is 4.67. The number of H-pyrrole nitrogens is 1. The molecule has 2 unspecified atom stereocenters. The fourth-order valence-electron chi connectivity index (χ4n) is 5.27. The number of aromatic nitrogens is 2. The number of fused-ring (bicyclic) bond motifs is 2. The van der Waals surface area contributed by atoms with Crippen LogP contribution in [0, 0.1) is 5.92 Å². The summed E-state index contributed by atoms with van der Waals surface area (Å²) in [6, 6.07) is 18.5. The predicted molar refractivity (Wildman–Crippen MR) is 136 cm³/mol. The van der Waals surface area contributed by atoms with Crippen LogP contribution in [0.5, 0.6) is 0 Å². The fourth-order valence-corrected chi connectivity index (χ4v) is 6.18. The van der Waals surface area contributed by atoms with Crippen molar-refractivity contribution in [1.29, 1.82) is 0 Å². The van der Waals surface area contributed by atoms with E-state index < -0.39 is 0 Å². The molecule has 7 heteroatoms. The number of rotatable bonds is 4. The van der Waals surface area contributed by atoms with Gasteiger partial charge in [-0.05, 0) is 42.4 Å². The van der Waals surface area contributed by atoms with E-state index in [0.717, 1.165) is 48.9 Å². The van der Waals surface area contributed by atoms with Gasteiger partial charge in [0.2, 0.25) is 11.9 Å². The molecule has 6 nitrogen and oxygen atoms in total. The van der Waals surface area contributed by atoms with Crippen molar-refractivity contribution in [3.63, 3.8) is 0 Å². The third kappa shape index (κ3) is 3.80. The van der Waals surface area contributed by atoms with Crippen molar-refractivity contribution in [2.24, 2.45) is 5.92 Å².